The Balaban J connectivity index is 1.25. The molecule has 3 aromatic heterocycles. The molecule has 9 nitrogen and oxygen atoms in total. The second kappa shape index (κ2) is 8.83. The Bertz CT molecular complexity index is 1520. The van der Waals surface area contributed by atoms with Gasteiger partial charge < -0.3 is 19.5 Å². The van der Waals surface area contributed by atoms with E-state index in [0.717, 1.165) is 52.8 Å². The monoisotopic (exact) mass is 466 g/mol. The van der Waals surface area contributed by atoms with E-state index in [0.29, 0.717) is 16.9 Å². The van der Waals surface area contributed by atoms with Gasteiger partial charge in [0.05, 0.1) is 23.6 Å². The van der Waals surface area contributed by atoms with Crippen LogP contribution >= 0.6 is 0 Å². The van der Waals surface area contributed by atoms with E-state index in [1.807, 2.05) is 54.9 Å². The molecule has 6 rings (SSSR count). The van der Waals surface area contributed by atoms with E-state index in [9.17, 15) is 0 Å². The van der Waals surface area contributed by atoms with E-state index in [4.69, 9.17) is 9.72 Å². The zero-order chi connectivity index (χ0) is 23.8. The van der Waals surface area contributed by atoms with Crippen LogP contribution in [0.4, 0.5) is 17.5 Å². The van der Waals surface area contributed by atoms with Crippen LogP contribution < -0.4 is 15.0 Å². The number of anilines is 3. The summed E-state index contributed by atoms with van der Waals surface area (Å²) in [6, 6.07) is 11.9. The maximum Gasteiger partial charge on any atom is 0.226 e. The van der Waals surface area contributed by atoms with Crippen molar-refractivity contribution in [3.8, 4) is 11.5 Å². The smallest absolute Gasteiger partial charge is 0.226 e. The summed E-state index contributed by atoms with van der Waals surface area (Å²) in [5, 5.41) is 3.41. The highest BCUT2D eigenvalue weighted by molar-refractivity contribution is 5.87. The number of aryl methyl sites for hydroxylation is 2. The van der Waals surface area contributed by atoms with E-state index < -0.39 is 0 Å². The first-order chi connectivity index (χ1) is 17.1. The molecule has 5 aromatic rings. The average Bonchev–Trinajstić information content (AvgIpc) is 3.26. The number of piperidine rings is 1. The summed E-state index contributed by atoms with van der Waals surface area (Å²) in [4.78, 5) is 24.8. The van der Waals surface area contributed by atoms with Gasteiger partial charge in [-0.3, -0.25) is 0 Å². The quantitative estimate of drug-likeness (QED) is 0.380. The van der Waals surface area contributed by atoms with Crippen LogP contribution in [0.5, 0.6) is 11.5 Å². The fourth-order valence-electron chi connectivity index (χ4n) is 4.47. The summed E-state index contributed by atoms with van der Waals surface area (Å²) >= 11 is 0. The largest absolute Gasteiger partial charge is 0.457 e. The number of hydrogen-bond acceptors (Lipinski definition) is 8. The molecular weight excluding hydrogens is 440 g/mol. The minimum atomic E-state index is 0.657. The summed E-state index contributed by atoms with van der Waals surface area (Å²) in [7, 11) is 1.98. The van der Waals surface area contributed by atoms with Gasteiger partial charge in [0.2, 0.25) is 5.95 Å². The van der Waals surface area contributed by atoms with Crippen molar-refractivity contribution in [3.63, 3.8) is 0 Å². The first kappa shape index (κ1) is 21.3. The molecule has 0 radical (unpaired) electrons. The van der Waals surface area contributed by atoms with Gasteiger partial charge >= 0.3 is 0 Å². The molecule has 0 unspecified atom stereocenters. The molecule has 1 aliphatic rings. The summed E-state index contributed by atoms with van der Waals surface area (Å²) in [5.41, 5.74) is 5.29. The van der Waals surface area contributed by atoms with Gasteiger partial charge in [0, 0.05) is 31.9 Å². The zero-order valence-corrected chi connectivity index (χ0v) is 19.8. The van der Waals surface area contributed by atoms with Crippen molar-refractivity contribution in [1.29, 1.82) is 0 Å². The van der Waals surface area contributed by atoms with Crippen molar-refractivity contribution in [1.82, 2.24) is 29.5 Å². The Hall–Kier alpha value is -4.27. The first-order valence-corrected chi connectivity index (χ1v) is 11.8. The molecule has 1 fully saturated rings. The van der Waals surface area contributed by atoms with Crippen LogP contribution in [0.1, 0.15) is 24.8 Å². The molecule has 0 saturated carbocycles. The molecule has 0 spiro atoms. The van der Waals surface area contributed by atoms with Crippen molar-refractivity contribution in [3.05, 3.63) is 60.8 Å². The predicted octanol–water partition coefficient (Wildman–Crippen LogP) is 5.14. The van der Waals surface area contributed by atoms with E-state index >= 15 is 0 Å². The Kier molecular flexibility index (Phi) is 5.36. The summed E-state index contributed by atoms with van der Waals surface area (Å²) < 4.78 is 8.14. The van der Waals surface area contributed by atoms with Crippen molar-refractivity contribution in [2.24, 2.45) is 7.05 Å². The predicted molar refractivity (Wildman–Crippen MR) is 136 cm³/mol. The highest BCUT2D eigenvalue weighted by Gasteiger charge is 2.16. The third-order valence-electron chi connectivity index (χ3n) is 6.37. The lowest BCUT2D eigenvalue weighted by molar-refractivity contribution is 0.479. The number of ether oxygens (including phenoxy) is 1. The number of nitrogens with one attached hydrogen (secondary N) is 1. The van der Waals surface area contributed by atoms with Crippen LogP contribution in [0.2, 0.25) is 0 Å². The molecule has 0 atom stereocenters. The molecule has 9 heteroatoms. The lowest BCUT2D eigenvalue weighted by atomic mass is 10.1. The lowest BCUT2D eigenvalue weighted by Crippen LogP contribution is -2.31. The molecule has 1 N–H and O–H groups in total. The minimum Gasteiger partial charge on any atom is -0.457 e. The Morgan fingerprint density at radius 3 is 2.66 bits per heavy atom. The fourth-order valence-corrected chi connectivity index (χ4v) is 4.47. The van der Waals surface area contributed by atoms with Gasteiger partial charge in [-0.25, -0.2) is 24.9 Å². The third kappa shape index (κ3) is 4.21. The van der Waals surface area contributed by atoms with Crippen LogP contribution in [-0.4, -0.2) is 42.6 Å². The molecule has 1 aliphatic heterocycles. The number of nitrogens with zero attached hydrogens (tertiary/aromatic N) is 7. The third-order valence-corrected chi connectivity index (χ3v) is 6.37. The summed E-state index contributed by atoms with van der Waals surface area (Å²) in [5.74, 6) is 2.93. The Morgan fingerprint density at radius 2 is 1.80 bits per heavy atom. The number of imidazole rings is 1. The second-order valence-electron chi connectivity index (χ2n) is 8.89. The van der Waals surface area contributed by atoms with Crippen LogP contribution in [0.15, 0.2) is 55.2 Å². The topological polar surface area (TPSA) is 93.9 Å². The van der Waals surface area contributed by atoms with Crippen molar-refractivity contribution >= 4 is 39.5 Å². The molecule has 1 saturated heterocycles. The molecule has 176 valence electrons. The Labute approximate surface area is 202 Å². The van der Waals surface area contributed by atoms with Gasteiger partial charge in [0.15, 0.2) is 5.82 Å². The molecule has 4 heterocycles. The van der Waals surface area contributed by atoms with Gasteiger partial charge in [-0.1, -0.05) is 0 Å². The molecular formula is C26H26N8O. The maximum atomic E-state index is 6.16. The second-order valence-corrected chi connectivity index (χ2v) is 8.89. The van der Waals surface area contributed by atoms with E-state index in [2.05, 4.69) is 30.2 Å². The highest BCUT2D eigenvalue weighted by atomic mass is 16.5. The van der Waals surface area contributed by atoms with Gasteiger partial charge in [-0.2, -0.15) is 0 Å². The first-order valence-electron chi connectivity index (χ1n) is 11.8. The number of rotatable bonds is 5. The molecule has 2 aromatic carbocycles. The van der Waals surface area contributed by atoms with Crippen LogP contribution in [0, 0.1) is 6.92 Å². The van der Waals surface area contributed by atoms with Crippen LogP contribution in [0.25, 0.3) is 22.1 Å². The van der Waals surface area contributed by atoms with Crippen molar-refractivity contribution < 1.29 is 4.74 Å². The standard InChI is InChI=1S/C26H26N8O/c1-17-12-18(6-9-23(17)35-19-7-8-22-20(13-19)30-16-33(22)2)31-25-24-21(28-15-29-25)14-27-26(32-24)34-10-4-3-5-11-34/h6-9,12-16H,3-5,10-11H2,1-2H3,(H,28,29,31). The van der Waals surface area contributed by atoms with E-state index in [1.54, 1.807) is 12.5 Å². The number of hydrogen-bond donors (Lipinski definition) is 1. The number of fused-ring (bicyclic) bond motifs is 2. The molecule has 0 amide bonds. The van der Waals surface area contributed by atoms with Gasteiger partial charge in [0.1, 0.15) is 28.9 Å². The zero-order valence-electron chi connectivity index (χ0n) is 19.8. The molecule has 0 aliphatic carbocycles. The highest BCUT2D eigenvalue weighted by Crippen LogP contribution is 2.31. The fraction of sp³-hybridized carbons (Fsp3) is 0.269. The normalized spacial score (nSPS) is 13.9. The number of benzene rings is 2. The van der Waals surface area contributed by atoms with Crippen molar-refractivity contribution in [2.45, 2.75) is 26.2 Å². The van der Waals surface area contributed by atoms with Crippen LogP contribution in [0.3, 0.4) is 0 Å². The van der Waals surface area contributed by atoms with Crippen molar-refractivity contribution in [2.75, 3.05) is 23.3 Å². The van der Waals surface area contributed by atoms with Gasteiger partial charge in [-0.05, 0) is 62.1 Å². The van der Waals surface area contributed by atoms with Gasteiger partial charge in [-0.15, -0.1) is 0 Å². The lowest BCUT2D eigenvalue weighted by Gasteiger charge is -2.26. The summed E-state index contributed by atoms with van der Waals surface area (Å²) in [6.07, 6.45) is 8.71. The number of aromatic nitrogens is 6. The Morgan fingerprint density at radius 1 is 0.914 bits per heavy atom. The average molecular weight is 467 g/mol. The summed E-state index contributed by atoms with van der Waals surface area (Å²) in [6.45, 7) is 3.99. The van der Waals surface area contributed by atoms with E-state index in [1.165, 1.54) is 25.6 Å². The SMILES string of the molecule is Cc1cc(Nc2ncnc3cnc(N4CCCCC4)nc23)ccc1Oc1ccc2c(c1)ncn2C. The molecule has 35 heavy (non-hydrogen) atoms. The molecule has 0 bridgehead atoms. The van der Waals surface area contributed by atoms with Gasteiger partial charge in [0.25, 0.3) is 0 Å². The van der Waals surface area contributed by atoms with E-state index in [-0.39, 0.29) is 0 Å². The van der Waals surface area contributed by atoms with Crippen LogP contribution in [-0.2, 0) is 7.05 Å². The minimum absolute atomic E-state index is 0.657. The maximum absolute atomic E-state index is 6.16.